The van der Waals surface area contributed by atoms with Crippen LogP contribution in [-0.4, -0.2) is 61.9 Å². The number of hydrogen-bond donors (Lipinski definition) is 1. The summed E-state index contributed by atoms with van der Waals surface area (Å²) in [7, 11) is 4.69. The molecule has 3 aromatic rings. The van der Waals surface area contributed by atoms with Gasteiger partial charge < -0.3 is 14.1 Å². The Kier molecular flexibility index (Phi) is 12.9. The third kappa shape index (κ3) is 11.3. The summed E-state index contributed by atoms with van der Waals surface area (Å²) in [4.78, 5) is 15.2. The number of rotatable bonds is 16. The lowest BCUT2D eigenvalue weighted by atomic mass is 10.0. The second-order valence-electron chi connectivity index (χ2n) is 12.7. The third-order valence-corrected chi connectivity index (χ3v) is 8.62. The molecule has 230 valence electrons. The van der Waals surface area contributed by atoms with Gasteiger partial charge >= 0.3 is 6.09 Å². The van der Waals surface area contributed by atoms with E-state index in [9.17, 15) is 4.79 Å². The van der Waals surface area contributed by atoms with Gasteiger partial charge in [0, 0.05) is 24.2 Å². The van der Waals surface area contributed by atoms with Crippen LogP contribution in [0, 0.1) is 0 Å². The third-order valence-electron chi connectivity index (χ3n) is 8.62. The molecule has 0 radical (unpaired) electrons. The number of nitrogens with one attached hydrogen (secondary N) is 1. The van der Waals surface area contributed by atoms with Crippen LogP contribution in [0.1, 0.15) is 68.9 Å². The Hall–Kier alpha value is -3.41. The van der Waals surface area contributed by atoms with Crippen molar-refractivity contribution in [1.82, 2.24) is 4.90 Å². The zero-order chi connectivity index (χ0) is 30.3. The molecule has 1 fully saturated rings. The maximum atomic E-state index is 12.7. The molecule has 0 saturated carbocycles. The number of anilines is 1. The van der Waals surface area contributed by atoms with Crippen LogP contribution in [0.2, 0.25) is 0 Å². The standard InChI is InChI=1S/C38H51N3O2/c1-4-32-21-23-33(24-22-32)31-41(2,3)30-16-9-7-5-6-8-15-27-40-28-25-35(26-29-40)43-38(42)39-37-20-14-13-19-36(37)34-17-11-10-12-18-34/h4,10-14,17-24,35H,1,5-9,15-16,25-31H2,2-3H3/p+1. The molecule has 5 heteroatoms. The van der Waals surface area contributed by atoms with E-state index < -0.39 is 0 Å². The van der Waals surface area contributed by atoms with Crippen LogP contribution in [-0.2, 0) is 11.3 Å². The molecule has 0 aliphatic carbocycles. The van der Waals surface area contributed by atoms with E-state index in [0.717, 1.165) is 60.3 Å². The Morgan fingerprint density at radius 1 is 0.860 bits per heavy atom. The Morgan fingerprint density at radius 2 is 1.49 bits per heavy atom. The molecule has 0 aromatic heterocycles. The van der Waals surface area contributed by atoms with Crippen molar-refractivity contribution in [2.75, 3.05) is 45.6 Å². The van der Waals surface area contributed by atoms with Crippen LogP contribution < -0.4 is 5.32 Å². The topological polar surface area (TPSA) is 41.6 Å². The van der Waals surface area contributed by atoms with E-state index in [2.05, 4.69) is 67.3 Å². The number of quaternary nitrogens is 1. The maximum Gasteiger partial charge on any atom is 0.411 e. The van der Waals surface area contributed by atoms with Gasteiger partial charge in [-0.2, -0.15) is 0 Å². The number of para-hydroxylation sites is 1. The molecule has 3 aromatic carbocycles. The molecule has 1 aliphatic rings. The first-order chi connectivity index (χ1) is 20.9. The Morgan fingerprint density at radius 3 is 2.19 bits per heavy atom. The predicted octanol–water partition coefficient (Wildman–Crippen LogP) is 9.02. The van der Waals surface area contributed by atoms with Gasteiger partial charge in [0.2, 0.25) is 0 Å². The monoisotopic (exact) mass is 582 g/mol. The number of carbonyl (C=O) groups is 1. The van der Waals surface area contributed by atoms with Crippen LogP contribution in [0.5, 0.6) is 0 Å². The van der Waals surface area contributed by atoms with Gasteiger partial charge in [0.15, 0.2) is 0 Å². The quantitative estimate of drug-likeness (QED) is 0.135. The van der Waals surface area contributed by atoms with Crippen molar-refractivity contribution in [3.8, 4) is 11.1 Å². The highest BCUT2D eigenvalue weighted by Crippen LogP contribution is 2.28. The minimum Gasteiger partial charge on any atom is -0.446 e. The summed E-state index contributed by atoms with van der Waals surface area (Å²) in [5.74, 6) is 0. The number of ether oxygens (including phenoxy) is 1. The molecule has 43 heavy (non-hydrogen) atoms. The first kappa shape index (κ1) is 32.5. The second kappa shape index (κ2) is 17.0. The SMILES string of the molecule is C=Cc1ccc(C[N+](C)(C)CCCCCCCCCN2CCC(OC(=O)Nc3ccccc3-c3ccccc3)CC2)cc1. The molecular formula is C38H52N3O2+. The van der Waals surface area contributed by atoms with Crippen LogP contribution in [0.3, 0.4) is 0 Å². The summed E-state index contributed by atoms with van der Waals surface area (Å²) in [5, 5.41) is 2.98. The van der Waals surface area contributed by atoms with Crippen molar-refractivity contribution >= 4 is 17.9 Å². The number of benzene rings is 3. The molecular weight excluding hydrogens is 530 g/mol. The fourth-order valence-corrected chi connectivity index (χ4v) is 6.09. The molecule has 0 atom stereocenters. The average Bonchev–Trinajstić information content (AvgIpc) is 3.02. The van der Waals surface area contributed by atoms with E-state index in [-0.39, 0.29) is 12.2 Å². The first-order valence-electron chi connectivity index (χ1n) is 16.3. The lowest BCUT2D eigenvalue weighted by Gasteiger charge is -2.31. The van der Waals surface area contributed by atoms with Crippen molar-refractivity contribution in [2.24, 2.45) is 0 Å². The molecule has 1 saturated heterocycles. The molecule has 0 unspecified atom stereocenters. The smallest absolute Gasteiger partial charge is 0.411 e. The Balaban J connectivity index is 1.02. The van der Waals surface area contributed by atoms with Crippen LogP contribution in [0.15, 0.2) is 85.4 Å². The summed E-state index contributed by atoms with van der Waals surface area (Å²) in [6.45, 7) is 9.32. The van der Waals surface area contributed by atoms with Gasteiger partial charge in [0.25, 0.3) is 0 Å². The van der Waals surface area contributed by atoms with Gasteiger partial charge in [-0.05, 0) is 55.8 Å². The number of nitrogens with zero attached hydrogens (tertiary/aromatic N) is 2. The van der Waals surface area contributed by atoms with E-state index >= 15 is 0 Å². The first-order valence-corrected chi connectivity index (χ1v) is 16.3. The molecule has 1 aliphatic heterocycles. The number of hydrogen-bond acceptors (Lipinski definition) is 3. The number of unbranched alkanes of at least 4 members (excludes halogenated alkanes) is 6. The highest BCUT2D eigenvalue weighted by molar-refractivity contribution is 5.91. The van der Waals surface area contributed by atoms with E-state index in [0.29, 0.717) is 0 Å². The summed E-state index contributed by atoms with van der Waals surface area (Å²) in [6, 6.07) is 26.8. The van der Waals surface area contributed by atoms with Gasteiger partial charge in [-0.15, -0.1) is 0 Å². The highest BCUT2D eigenvalue weighted by Gasteiger charge is 2.22. The van der Waals surface area contributed by atoms with Gasteiger partial charge in [0.1, 0.15) is 12.6 Å². The van der Waals surface area contributed by atoms with Crippen molar-refractivity contribution in [3.05, 3.63) is 96.6 Å². The molecule has 4 rings (SSSR count). The number of carbonyl (C=O) groups excluding carboxylic acids is 1. The van der Waals surface area contributed by atoms with Gasteiger partial charge in [0.05, 0.1) is 26.3 Å². The average molecular weight is 583 g/mol. The van der Waals surface area contributed by atoms with Crippen LogP contribution in [0.4, 0.5) is 10.5 Å². The zero-order valence-electron chi connectivity index (χ0n) is 26.5. The Bertz CT molecular complexity index is 1250. The lowest BCUT2D eigenvalue weighted by Crippen LogP contribution is -2.39. The summed E-state index contributed by atoms with van der Waals surface area (Å²) in [6.07, 6.45) is 12.6. The van der Waals surface area contributed by atoms with Gasteiger partial charge in [-0.1, -0.05) is 111 Å². The van der Waals surface area contributed by atoms with Crippen molar-refractivity contribution in [1.29, 1.82) is 0 Å². The summed E-state index contributed by atoms with van der Waals surface area (Å²) < 4.78 is 6.85. The molecule has 1 amide bonds. The van der Waals surface area contributed by atoms with E-state index in [1.165, 1.54) is 62.6 Å². The highest BCUT2D eigenvalue weighted by atomic mass is 16.6. The summed E-state index contributed by atoms with van der Waals surface area (Å²) in [5.41, 5.74) is 5.45. The van der Waals surface area contributed by atoms with Crippen molar-refractivity contribution < 1.29 is 14.0 Å². The fourth-order valence-electron chi connectivity index (χ4n) is 6.09. The number of amides is 1. The van der Waals surface area contributed by atoms with E-state index in [4.69, 9.17) is 4.74 Å². The fraction of sp³-hybridized carbons (Fsp3) is 0.447. The normalized spacial score (nSPS) is 14.4. The van der Waals surface area contributed by atoms with E-state index in [1.54, 1.807) is 0 Å². The predicted molar refractivity (Wildman–Crippen MR) is 181 cm³/mol. The second-order valence-corrected chi connectivity index (χ2v) is 12.7. The largest absolute Gasteiger partial charge is 0.446 e. The molecule has 1 heterocycles. The minimum absolute atomic E-state index is 0.0125. The van der Waals surface area contributed by atoms with Crippen molar-refractivity contribution in [3.63, 3.8) is 0 Å². The summed E-state index contributed by atoms with van der Waals surface area (Å²) >= 11 is 0. The van der Waals surface area contributed by atoms with E-state index in [1.807, 2.05) is 48.5 Å². The molecule has 0 spiro atoms. The minimum atomic E-state index is -0.358. The Labute approximate surface area is 260 Å². The molecule has 1 N–H and O–H groups in total. The van der Waals surface area contributed by atoms with Crippen LogP contribution in [0.25, 0.3) is 17.2 Å². The number of likely N-dealkylation sites (tertiary alicyclic amines) is 1. The maximum absolute atomic E-state index is 12.7. The number of piperidine rings is 1. The van der Waals surface area contributed by atoms with Crippen molar-refractivity contribution in [2.45, 2.75) is 70.4 Å². The van der Waals surface area contributed by atoms with Crippen LogP contribution >= 0.6 is 0 Å². The lowest BCUT2D eigenvalue weighted by molar-refractivity contribution is -0.903. The molecule has 5 nitrogen and oxygen atoms in total. The zero-order valence-corrected chi connectivity index (χ0v) is 26.5. The molecule has 0 bridgehead atoms. The van der Waals surface area contributed by atoms with Gasteiger partial charge in [-0.25, -0.2) is 4.79 Å². The van der Waals surface area contributed by atoms with Gasteiger partial charge in [-0.3, -0.25) is 5.32 Å².